The monoisotopic (exact) mass is 424 g/mol. The Bertz CT molecular complexity index is 472. The molecule has 0 aromatic heterocycles. The zero-order chi connectivity index (χ0) is 21.8. The summed E-state index contributed by atoms with van der Waals surface area (Å²) in [6, 6.07) is 0.532. The molecule has 2 atom stereocenters. The highest BCUT2D eigenvalue weighted by molar-refractivity contribution is 5.79. The predicted molar refractivity (Wildman–Crippen MR) is 127 cm³/mol. The molecule has 0 radical (unpaired) electrons. The molecule has 0 aromatic carbocycles. The summed E-state index contributed by atoms with van der Waals surface area (Å²) in [6.45, 7) is 24.9. The van der Waals surface area contributed by atoms with Gasteiger partial charge in [0.05, 0.1) is 13.2 Å². The van der Waals surface area contributed by atoms with Crippen LogP contribution in [0.15, 0.2) is 4.99 Å². The van der Waals surface area contributed by atoms with Crippen LogP contribution in [-0.2, 0) is 4.74 Å². The minimum atomic E-state index is 0.532. The van der Waals surface area contributed by atoms with Crippen LogP contribution in [0.1, 0.15) is 41.0 Å². The summed E-state index contributed by atoms with van der Waals surface area (Å²) in [4.78, 5) is 12.6. The van der Waals surface area contributed by atoms with Crippen LogP contribution in [0.25, 0.3) is 0 Å². The van der Waals surface area contributed by atoms with Crippen molar-refractivity contribution in [2.75, 3.05) is 85.2 Å². The van der Waals surface area contributed by atoms with E-state index in [0.29, 0.717) is 17.9 Å². The molecule has 2 aliphatic rings. The van der Waals surface area contributed by atoms with Gasteiger partial charge in [-0.1, -0.05) is 27.7 Å². The number of rotatable bonds is 11. The molecule has 0 saturated carbocycles. The number of hydrogen-bond donors (Lipinski definition) is 2. The van der Waals surface area contributed by atoms with E-state index in [2.05, 4.69) is 60.0 Å². The number of hydrogen-bond acceptors (Lipinski definition) is 5. The highest BCUT2D eigenvalue weighted by Gasteiger charge is 2.22. The average molecular weight is 425 g/mol. The van der Waals surface area contributed by atoms with Gasteiger partial charge in [-0.3, -0.25) is 9.89 Å². The van der Waals surface area contributed by atoms with E-state index in [1.54, 1.807) is 0 Å². The number of nitrogens with zero attached hydrogens (tertiary/aromatic N) is 4. The van der Waals surface area contributed by atoms with Gasteiger partial charge in [0.15, 0.2) is 5.96 Å². The van der Waals surface area contributed by atoms with E-state index in [9.17, 15) is 0 Å². The zero-order valence-electron chi connectivity index (χ0n) is 20.3. The first-order valence-electron chi connectivity index (χ1n) is 12.3. The molecule has 2 N–H and O–H groups in total. The first-order valence-corrected chi connectivity index (χ1v) is 12.3. The Morgan fingerprint density at radius 2 is 1.60 bits per heavy atom. The van der Waals surface area contributed by atoms with Crippen LogP contribution in [0.2, 0.25) is 0 Å². The summed E-state index contributed by atoms with van der Waals surface area (Å²) in [6.07, 6.45) is 1.20. The van der Waals surface area contributed by atoms with Crippen LogP contribution in [0.4, 0.5) is 0 Å². The minimum Gasteiger partial charge on any atom is -0.379 e. The molecule has 0 bridgehead atoms. The fourth-order valence-electron chi connectivity index (χ4n) is 4.44. The third kappa shape index (κ3) is 9.50. The van der Waals surface area contributed by atoms with Crippen LogP contribution in [0, 0.1) is 11.8 Å². The molecule has 176 valence electrons. The van der Waals surface area contributed by atoms with Crippen molar-refractivity contribution >= 4 is 5.96 Å². The Morgan fingerprint density at radius 1 is 0.933 bits per heavy atom. The minimum absolute atomic E-state index is 0.532. The molecule has 2 aliphatic heterocycles. The van der Waals surface area contributed by atoms with Gasteiger partial charge < -0.3 is 25.2 Å². The number of piperazine rings is 1. The molecular formula is C23H48N6O. The van der Waals surface area contributed by atoms with Gasteiger partial charge in [-0.05, 0) is 31.7 Å². The molecule has 0 spiro atoms. The first kappa shape index (κ1) is 25.4. The van der Waals surface area contributed by atoms with E-state index in [4.69, 9.17) is 9.73 Å². The molecule has 0 amide bonds. The molecule has 30 heavy (non-hydrogen) atoms. The maximum absolute atomic E-state index is 5.55. The molecule has 2 rings (SSSR count). The highest BCUT2D eigenvalue weighted by atomic mass is 16.5. The van der Waals surface area contributed by atoms with Gasteiger partial charge in [0.2, 0.25) is 0 Å². The molecule has 2 fully saturated rings. The Labute approximate surface area is 185 Å². The SMILES string of the molecule is CCNC(=NCC(C)CN1CCN(CC)CC1)NCC(CC(C)C)N1CCOCC1. The zero-order valence-corrected chi connectivity index (χ0v) is 20.3. The lowest BCUT2D eigenvalue weighted by atomic mass is 10.0. The van der Waals surface area contributed by atoms with Crippen molar-refractivity contribution in [2.24, 2.45) is 16.8 Å². The summed E-state index contributed by atoms with van der Waals surface area (Å²) >= 11 is 0. The predicted octanol–water partition coefficient (Wildman–Crippen LogP) is 1.56. The Kier molecular flexibility index (Phi) is 12.0. The Hall–Kier alpha value is -0.890. The number of likely N-dealkylation sites (N-methyl/N-ethyl adjacent to an activating group) is 1. The van der Waals surface area contributed by atoms with Gasteiger partial charge in [0.1, 0.15) is 0 Å². The second-order valence-corrected chi connectivity index (χ2v) is 9.37. The number of morpholine rings is 1. The van der Waals surface area contributed by atoms with Crippen LogP contribution < -0.4 is 10.6 Å². The van der Waals surface area contributed by atoms with Crippen molar-refractivity contribution in [3.05, 3.63) is 0 Å². The number of guanidine groups is 1. The summed E-state index contributed by atoms with van der Waals surface area (Å²) in [5.41, 5.74) is 0. The molecule has 2 unspecified atom stereocenters. The normalized spacial score (nSPS) is 22.3. The fourth-order valence-corrected chi connectivity index (χ4v) is 4.44. The highest BCUT2D eigenvalue weighted by Crippen LogP contribution is 2.13. The third-order valence-electron chi connectivity index (χ3n) is 6.20. The maximum atomic E-state index is 5.55. The van der Waals surface area contributed by atoms with Crippen LogP contribution >= 0.6 is 0 Å². The number of aliphatic imine (C=N–C) groups is 1. The van der Waals surface area contributed by atoms with E-state index >= 15 is 0 Å². The quantitative estimate of drug-likeness (QED) is 0.388. The van der Waals surface area contributed by atoms with Gasteiger partial charge in [0, 0.05) is 71.5 Å². The van der Waals surface area contributed by atoms with Crippen molar-refractivity contribution in [3.8, 4) is 0 Å². The van der Waals surface area contributed by atoms with Crippen molar-refractivity contribution < 1.29 is 4.74 Å². The molecule has 2 saturated heterocycles. The van der Waals surface area contributed by atoms with E-state index in [1.807, 2.05) is 0 Å². The van der Waals surface area contributed by atoms with Gasteiger partial charge in [0.25, 0.3) is 0 Å². The van der Waals surface area contributed by atoms with Crippen LogP contribution in [0.5, 0.6) is 0 Å². The second-order valence-electron chi connectivity index (χ2n) is 9.37. The second kappa shape index (κ2) is 14.2. The Morgan fingerprint density at radius 3 is 2.20 bits per heavy atom. The van der Waals surface area contributed by atoms with Crippen molar-refractivity contribution in [3.63, 3.8) is 0 Å². The average Bonchev–Trinajstić information content (AvgIpc) is 2.75. The lowest BCUT2D eigenvalue weighted by molar-refractivity contribution is 0.0132. The van der Waals surface area contributed by atoms with Gasteiger partial charge in [-0.2, -0.15) is 0 Å². The van der Waals surface area contributed by atoms with E-state index in [0.717, 1.165) is 58.4 Å². The van der Waals surface area contributed by atoms with E-state index in [-0.39, 0.29) is 0 Å². The van der Waals surface area contributed by atoms with Crippen molar-refractivity contribution in [2.45, 2.75) is 47.1 Å². The van der Waals surface area contributed by atoms with Crippen molar-refractivity contribution in [1.29, 1.82) is 0 Å². The van der Waals surface area contributed by atoms with E-state index in [1.165, 1.54) is 39.1 Å². The third-order valence-corrected chi connectivity index (χ3v) is 6.20. The lowest BCUT2D eigenvalue weighted by Crippen LogP contribution is -2.51. The summed E-state index contributed by atoms with van der Waals surface area (Å²) < 4.78 is 5.55. The first-order chi connectivity index (χ1) is 14.5. The van der Waals surface area contributed by atoms with E-state index < -0.39 is 0 Å². The topological polar surface area (TPSA) is 55.4 Å². The fraction of sp³-hybridized carbons (Fsp3) is 0.957. The summed E-state index contributed by atoms with van der Waals surface area (Å²) in [7, 11) is 0. The van der Waals surface area contributed by atoms with Gasteiger partial charge in [-0.25, -0.2) is 0 Å². The largest absolute Gasteiger partial charge is 0.379 e. The van der Waals surface area contributed by atoms with Crippen LogP contribution in [0.3, 0.4) is 0 Å². The molecular weight excluding hydrogens is 376 g/mol. The molecule has 2 heterocycles. The number of ether oxygens (including phenoxy) is 1. The smallest absolute Gasteiger partial charge is 0.191 e. The molecule has 7 heteroatoms. The lowest BCUT2D eigenvalue weighted by Gasteiger charge is -2.36. The van der Waals surface area contributed by atoms with Crippen molar-refractivity contribution in [1.82, 2.24) is 25.3 Å². The molecule has 7 nitrogen and oxygen atoms in total. The van der Waals surface area contributed by atoms with Crippen LogP contribution in [-0.4, -0.2) is 112 Å². The molecule has 0 aliphatic carbocycles. The molecule has 0 aromatic rings. The summed E-state index contributed by atoms with van der Waals surface area (Å²) in [5.74, 6) is 2.22. The number of nitrogens with one attached hydrogen (secondary N) is 2. The van der Waals surface area contributed by atoms with Gasteiger partial charge in [-0.15, -0.1) is 0 Å². The summed E-state index contributed by atoms with van der Waals surface area (Å²) in [5, 5.41) is 7.07. The maximum Gasteiger partial charge on any atom is 0.191 e. The standard InChI is InChI=1S/C23H48N6O/c1-6-24-23(25-17-21(5)19-28-10-8-27(7-2)9-11-28)26-18-22(16-20(3)4)29-12-14-30-15-13-29/h20-22H,6-19H2,1-5H3,(H2,24,25,26). The Balaban J connectivity index is 1.81. The van der Waals surface area contributed by atoms with Gasteiger partial charge >= 0.3 is 0 Å².